The van der Waals surface area contributed by atoms with Crippen LogP contribution in [-0.4, -0.2) is 30.1 Å². The summed E-state index contributed by atoms with van der Waals surface area (Å²) in [4.78, 5) is 0. The average Bonchev–Trinajstić information content (AvgIpc) is 2.67. The molecule has 3 nitrogen and oxygen atoms in total. The first-order valence-electron chi connectivity index (χ1n) is 13.3. The van der Waals surface area contributed by atoms with Crippen LogP contribution in [0.25, 0.3) is 0 Å². The molecule has 1 spiro atoms. The first-order valence-corrected chi connectivity index (χ1v) is 13.3. The molecule has 174 valence electrons. The van der Waals surface area contributed by atoms with Gasteiger partial charge in [0, 0.05) is 29.8 Å². The highest BCUT2D eigenvalue weighted by Gasteiger charge is 2.51. The summed E-state index contributed by atoms with van der Waals surface area (Å²) in [5.41, 5.74) is 0.117. The molecule has 0 aromatic carbocycles. The summed E-state index contributed by atoms with van der Waals surface area (Å²) in [6, 6.07) is 0. The normalized spacial score (nSPS) is 39.1. The Morgan fingerprint density at radius 3 is 1.57 bits per heavy atom. The van der Waals surface area contributed by atoms with E-state index < -0.39 is 0 Å². The highest BCUT2D eigenvalue weighted by atomic mass is 16.7. The van der Waals surface area contributed by atoms with Crippen LogP contribution in [0.4, 0.5) is 0 Å². The third kappa shape index (κ3) is 5.44. The fraction of sp³-hybridized carbons (Fsp3) is 1.00. The van der Waals surface area contributed by atoms with Gasteiger partial charge in [-0.05, 0) is 89.9 Å². The molecule has 2 heterocycles. The summed E-state index contributed by atoms with van der Waals surface area (Å²) in [7, 11) is 0. The van der Waals surface area contributed by atoms with Crippen LogP contribution < -0.4 is 5.32 Å². The Hall–Kier alpha value is -0.120. The van der Waals surface area contributed by atoms with E-state index in [0.717, 1.165) is 49.7 Å². The molecule has 0 bridgehead atoms. The van der Waals surface area contributed by atoms with Gasteiger partial charge in [0.2, 0.25) is 0 Å². The Kier molecular flexibility index (Phi) is 6.93. The van der Waals surface area contributed by atoms with Crippen molar-refractivity contribution >= 4 is 0 Å². The van der Waals surface area contributed by atoms with Crippen molar-refractivity contribution in [2.75, 3.05) is 13.2 Å². The van der Waals surface area contributed by atoms with Gasteiger partial charge in [0.25, 0.3) is 0 Å². The van der Waals surface area contributed by atoms with Gasteiger partial charge in [-0.15, -0.1) is 0 Å². The minimum atomic E-state index is -0.372. The molecule has 0 aromatic rings. The zero-order valence-electron chi connectivity index (χ0n) is 20.6. The maximum absolute atomic E-state index is 6.56. The van der Waals surface area contributed by atoms with Crippen LogP contribution in [-0.2, 0) is 9.47 Å². The summed E-state index contributed by atoms with van der Waals surface area (Å²) in [5, 5.41) is 3.76. The van der Waals surface area contributed by atoms with Crippen LogP contribution in [0.2, 0.25) is 0 Å². The monoisotopic (exact) mass is 419 g/mol. The van der Waals surface area contributed by atoms with Crippen LogP contribution in [0.1, 0.15) is 112 Å². The van der Waals surface area contributed by atoms with Gasteiger partial charge in [-0.2, -0.15) is 0 Å². The minimum absolute atomic E-state index is 0.0583. The van der Waals surface area contributed by atoms with Crippen LogP contribution >= 0.6 is 0 Å². The van der Waals surface area contributed by atoms with Crippen molar-refractivity contribution in [1.82, 2.24) is 5.32 Å². The minimum Gasteiger partial charge on any atom is -0.349 e. The van der Waals surface area contributed by atoms with E-state index in [0.29, 0.717) is 5.92 Å². The van der Waals surface area contributed by atoms with E-state index >= 15 is 0 Å². The Bertz CT molecular complexity index is 529. The third-order valence-electron chi connectivity index (χ3n) is 8.96. The molecule has 3 heteroatoms. The lowest BCUT2D eigenvalue weighted by Gasteiger charge is -2.54. The average molecular weight is 420 g/mol. The molecular formula is C27H49NO2. The predicted octanol–water partition coefficient (Wildman–Crippen LogP) is 6.70. The molecule has 2 aliphatic heterocycles. The van der Waals surface area contributed by atoms with Crippen molar-refractivity contribution in [3.05, 3.63) is 0 Å². The molecule has 2 saturated heterocycles. The number of hydrogen-bond acceptors (Lipinski definition) is 3. The first kappa shape index (κ1) is 23.1. The van der Waals surface area contributed by atoms with E-state index in [1.165, 1.54) is 64.2 Å². The van der Waals surface area contributed by atoms with Crippen LogP contribution in [0.15, 0.2) is 0 Å². The van der Waals surface area contributed by atoms with Gasteiger partial charge in [-0.1, -0.05) is 32.6 Å². The van der Waals surface area contributed by atoms with E-state index in [9.17, 15) is 0 Å². The van der Waals surface area contributed by atoms with Gasteiger partial charge < -0.3 is 14.8 Å². The number of nitrogens with one attached hydrogen (secondary N) is 1. The Morgan fingerprint density at radius 2 is 1.10 bits per heavy atom. The largest absolute Gasteiger partial charge is 0.349 e. The standard InChI is InChI=1S/C27H49NO2/c1-6-7-20-8-10-21(11-9-20)22-12-14-23(15-13-22)24-16-29-27(30-17-24)18-25(2,3)28-26(4,5)19-27/h20-24,28H,6-19H2,1-5H3. The second kappa shape index (κ2) is 9.02. The molecule has 0 amide bonds. The maximum atomic E-state index is 6.56. The van der Waals surface area contributed by atoms with Crippen LogP contribution in [0, 0.1) is 29.6 Å². The highest BCUT2D eigenvalue weighted by Crippen LogP contribution is 2.46. The molecule has 0 atom stereocenters. The number of rotatable bonds is 4. The molecule has 0 aromatic heterocycles. The van der Waals surface area contributed by atoms with Crippen molar-refractivity contribution in [3.63, 3.8) is 0 Å². The lowest BCUT2D eigenvalue weighted by atomic mass is 9.67. The van der Waals surface area contributed by atoms with E-state index in [-0.39, 0.29) is 16.9 Å². The quantitative estimate of drug-likeness (QED) is 0.550. The number of hydrogen-bond donors (Lipinski definition) is 1. The SMILES string of the molecule is CCCC1CCC(C2CCC(C3COC4(CC(C)(C)NC(C)(C)C4)OC3)CC2)CC1. The van der Waals surface area contributed by atoms with Gasteiger partial charge in [0.05, 0.1) is 13.2 Å². The third-order valence-corrected chi connectivity index (χ3v) is 8.96. The van der Waals surface area contributed by atoms with Gasteiger partial charge in [-0.3, -0.25) is 0 Å². The highest BCUT2D eigenvalue weighted by molar-refractivity contribution is 5.02. The summed E-state index contributed by atoms with van der Waals surface area (Å²) >= 11 is 0. The molecule has 0 radical (unpaired) electrons. The second-order valence-corrected chi connectivity index (χ2v) is 12.8. The first-order chi connectivity index (χ1) is 14.2. The molecule has 4 aliphatic rings. The molecule has 30 heavy (non-hydrogen) atoms. The summed E-state index contributed by atoms with van der Waals surface area (Å²) in [5.74, 6) is 4.13. The van der Waals surface area contributed by atoms with Crippen molar-refractivity contribution in [1.29, 1.82) is 0 Å². The molecule has 4 rings (SSSR count). The van der Waals surface area contributed by atoms with Crippen LogP contribution in [0.3, 0.4) is 0 Å². The summed E-state index contributed by atoms with van der Waals surface area (Å²) in [6.07, 6.45) is 16.5. The molecule has 1 N–H and O–H groups in total. The smallest absolute Gasteiger partial charge is 0.171 e. The number of ether oxygens (including phenoxy) is 2. The molecule has 0 unspecified atom stereocenters. The van der Waals surface area contributed by atoms with Crippen molar-refractivity contribution in [3.8, 4) is 0 Å². The van der Waals surface area contributed by atoms with Crippen molar-refractivity contribution in [2.24, 2.45) is 29.6 Å². The zero-order chi connectivity index (χ0) is 21.4. The fourth-order valence-corrected chi connectivity index (χ4v) is 7.94. The van der Waals surface area contributed by atoms with E-state index in [4.69, 9.17) is 9.47 Å². The van der Waals surface area contributed by atoms with Gasteiger partial charge in [-0.25, -0.2) is 0 Å². The predicted molar refractivity (Wildman–Crippen MR) is 124 cm³/mol. The summed E-state index contributed by atoms with van der Waals surface area (Å²) < 4.78 is 13.1. The Morgan fingerprint density at radius 1 is 0.667 bits per heavy atom. The fourth-order valence-electron chi connectivity index (χ4n) is 7.94. The zero-order valence-corrected chi connectivity index (χ0v) is 20.6. The van der Waals surface area contributed by atoms with Gasteiger partial charge in [0.15, 0.2) is 5.79 Å². The van der Waals surface area contributed by atoms with Gasteiger partial charge >= 0.3 is 0 Å². The molecular weight excluding hydrogens is 370 g/mol. The maximum Gasteiger partial charge on any atom is 0.171 e. The van der Waals surface area contributed by atoms with E-state index in [1.807, 2.05) is 0 Å². The second-order valence-electron chi connectivity index (χ2n) is 12.8. The van der Waals surface area contributed by atoms with E-state index in [1.54, 1.807) is 0 Å². The van der Waals surface area contributed by atoms with Crippen molar-refractivity contribution in [2.45, 2.75) is 129 Å². The number of piperidine rings is 1. The lowest BCUT2D eigenvalue weighted by molar-refractivity contribution is -0.315. The molecule has 4 fully saturated rings. The Labute approximate surface area is 186 Å². The molecule has 2 saturated carbocycles. The Balaban J connectivity index is 1.23. The van der Waals surface area contributed by atoms with E-state index in [2.05, 4.69) is 39.9 Å². The molecule has 2 aliphatic carbocycles. The van der Waals surface area contributed by atoms with Gasteiger partial charge in [0.1, 0.15) is 0 Å². The van der Waals surface area contributed by atoms with Crippen molar-refractivity contribution < 1.29 is 9.47 Å². The lowest BCUT2D eigenvalue weighted by Crippen LogP contribution is -2.66. The summed E-state index contributed by atoms with van der Waals surface area (Å²) in [6.45, 7) is 13.3. The topological polar surface area (TPSA) is 30.5 Å². The van der Waals surface area contributed by atoms with Crippen LogP contribution in [0.5, 0.6) is 0 Å².